The Morgan fingerprint density at radius 2 is 1.82 bits per heavy atom. The molecule has 0 aromatic carbocycles. The Morgan fingerprint density at radius 3 is 2.23 bits per heavy atom. The van der Waals surface area contributed by atoms with Crippen LogP contribution in [0, 0.1) is 5.41 Å². The Balaban J connectivity index is 3.20. The standard InChI is InChI=1S/C13H18N2O6S/c1-3-13(4-2)10(20)14-12(22)15(11(13)21)7(9(18)19)5-6-8(16)17/h7H,3-6H2,1-2H3,(H,16,17)(H,18,19)(H,14,20,22). The van der Waals surface area contributed by atoms with Gasteiger partial charge in [-0.25, -0.2) is 4.79 Å². The predicted molar refractivity (Wildman–Crippen MR) is 78.9 cm³/mol. The highest BCUT2D eigenvalue weighted by atomic mass is 32.1. The van der Waals surface area contributed by atoms with Crippen LogP contribution in [0.4, 0.5) is 0 Å². The molecule has 22 heavy (non-hydrogen) atoms. The SMILES string of the molecule is CCC1(CC)C(=O)NC(=S)N(C(CCC(=O)O)C(=O)O)C1=O. The third kappa shape index (κ3) is 3.08. The minimum absolute atomic E-state index is 0.193. The molecule has 1 saturated heterocycles. The number of thiocarbonyl (C=S) groups is 1. The third-order valence-corrected chi connectivity index (χ3v) is 4.24. The number of carbonyl (C=O) groups is 4. The molecule has 0 aromatic heterocycles. The molecule has 9 heteroatoms. The summed E-state index contributed by atoms with van der Waals surface area (Å²) < 4.78 is 0. The van der Waals surface area contributed by atoms with E-state index >= 15 is 0 Å². The molecule has 2 amide bonds. The van der Waals surface area contributed by atoms with Gasteiger partial charge in [0.2, 0.25) is 11.8 Å². The third-order valence-electron chi connectivity index (χ3n) is 3.94. The van der Waals surface area contributed by atoms with E-state index in [-0.39, 0.29) is 24.4 Å². The Kier molecular flexibility index (Phi) is 5.59. The Labute approximate surface area is 132 Å². The van der Waals surface area contributed by atoms with Crippen molar-refractivity contribution in [3.8, 4) is 0 Å². The fraction of sp³-hybridized carbons (Fsp3) is 0.615. The van der Waals surface area contributed by atoms with Gasteiger partial charge in [-0.15, -0.1) is 0 Å². The number of nitrogens with one attached hydrogen (secondary N) is 1. The van der Waals surface area contributed by atoms with Gasteiger partial charge in [-0.2, -0.15) is 0 Å². The molecule has 1 heterocycles. The van der Waals surface area contributed by atoms with Crippen LogP contribution in [0.3, 0.4) is 0 Å². The molecule has 0 saturated carbocycles. The quantitative estimate of drug-likeness (QED) is 0.454. The van der Waals surface area contributed by atoms with Crippen molar-refractivity contribution in [3.63, 3.8) is 0 Å². The molecular weight excluding hydrogens is 312 g/mol. The zero-order valence-electron chi connectivity index (χ0n) is 12.3. The van der Waals surface area contributed by atoms with Crippen molar-refractivity contribution in [1.29, 1.82) is 0 Å². The fourth-order valence-corrected chi connectivity index (χ4v) is 2.78. The second-order valence-corrected chi connectivity index (χ2v) is 5.40. The number of aliphatic carboxylic acids is 2. The summed E-state index contributed by atoms with van der Waals surface area (Å²) in [5.74, 6) is -3.78. The van der Waals surface area contributed by atoms with E-state index in [0.29, 0.717) is 0 Å². The highest BCUT2D eigenvalue weighted by Crippen LogP contribution is 2.33. The summed E-state index contributed by atoms with van der Waals surface area (Å²) in [5, 5.41) is 20.1. The molecule has 1 aliphatic rings. The monoisotopic (exact) mass is 330 g/mol. The number of rotatable bonds is 7. The van der Waals surface area contributed by atoms with E-state index in [2.05, 4.69) is 5.32 Å². The van der Waals surface area contributed by atoms with Gasteiger partial charge in [0.15, 0.2) is 5.11 Å². The number of hydrogen-bond donors (Lipinski definition) is 3. The van der Waals surface area contributed by atoms with Crippen molar-refractivity contribution < 1.29 is 29.4 Å². The van der Waals surface area contributed by atoms with Gasteiger partial charge >= 0.3 is 11.9 Å². The van der Waals surface area contributed by atoms with E-state index in [4.69, 9.17) is 17.3 Å². The van der Waals surface area contributed by atoms with Crippen molar-refractivity contribution in [2.24, 2.45) is 5.41 Å². The first-order chi connectivity index (χ1) is 10.2. The number of carbonyl (C=O) groups excluding carboxylic acids is 2. The predicted octanol–water partition coefficient (Wildman–Crippen LogP) is 0.354. The van der Waals surface area contributed by atoms with Crippen LogP contribution in [0.15, 0.2) is 0 Å². The van der Waals surface area contributed by atoms with Crippen LogP contribution in [0.25, 0.3) is 0 Å². The second-order valence-electron chi connectivity index (χ2n) is 5.01. The normalized spacial score (nSPS) is 18.8. The van der Waals surface area contributed by atoms with Gasteiger partial charge in [-0.3, -0.25) is 19.3 Å². The number of nitrogens with zero attached hydrogens (tertiary/aromatic N) is 1. The summed E-state index contributed by atoms with van der Waals surface area (Å²) in [5.41, 5.74) is -1.38. The van der Waals surface area contributed by atoms with E-state index < -0.39 is 41.6 Å². The first kappa shape index (κ1) is 18.0. The molecule has 0 radical (unpaired) electrons. The lowest BCUT2D eigenvalue weighted by atomic mass is 9.78. The maximum absolute atomic E-state index is 12.7. The van der Waals surface area contributed by atoms with Gasteiger partial charge in [0, 0.05) is 6.42 Å². The lowest BCUT2D eigenvalue weighted by Gasteiger charge is -2.42. The van der Waals surface area contributed by atoms with Gasteiger partial charge in [-0.1, -0.05) is 13.8 Å². The molecule has 0 aromatic rings. The lowest BCUT2D eigenvalue weighted by Crippen LogP contribution is -2.66. The molecule has 1 unspecified atom stereocenters. The zero-order chi connectivity index (χ0) is 17.1. The largest absolute Gasteiger partial charge is 0.481 e. The average molecular weight is 330 g/mol. The molecule has 122 valence electrons. The summed E-state index contributed by atoms with van der Waals surface area (Å²) in [4.78, 5) is 47.7. The molecule has 0 aliphatic carbocycles. The fourth-order valence-electron chi connectivity index (χ4n) is 2.48. The summed E-state index contributed by atoms with van der Waals surface area (Å²) in [6.07, 6.45) is -0.338. The zero-order valence-corrected chi connectivity index (χ0v) is 13.1. The summed E-state index contributed by atoms with van der Waals surface area (Å²) in [6.45, 7) is 3.31. The van der Waals surface area contributed by atoms with Crippen molar-refractivity contribution in [2.75, 3.05) is 0 Å². The van der Waals surface area contributed by atoms with Crippen molar-refractivity contribution in [3.05, 3.63) is 0 Å². The Bertz CT molecular complexity index is 529. The van der Waals surface area contributed by atoms with Crippen molar-refractivity contribution in [1.82, 2.24) is 10.2 Å². The van der Waals surface area contributed by atoms with Crippen LogP contribution in [0.5, 0.6) is 0 Å². The topological polar surface area (TPSA) is 124 Å². The molecule has 1 fully saturated rings. The summed E-state index contributed by atoms with van der Waals surface area (Å²) in [7, 11) is 0. The number of carboxylic acids is 2. The van der Waals surface area contributed by atoms with E-state index in [1.165, 1.54) is 0 Å². The molecule has 0 spiro atoms. The van der Waals surface area contributed by atoms with Crippen molar-refractivity contribution in [2.45, 2.75) is 45.6 Å². The van der Waals surface area contributed by atoms with Crippen LogP contribution in [-0.2, 0) is 19.2 Å². The Morgan fingerprint density at radius 1 is 1.27 bits per heavy atom. The van der Waals surface area contributed by atoms with E-state index in [1.807, 2.05) is 0 Å². The van der Waals surface area contributed by atoms with Crippen LogP contribution in [0.1, 0.15) is 39.5 Å². The molecule has 8 nitrogen and oxygen atoms in total. The summed E-state index contributed by atoms with van der Waals surface area (Å²) >= 11 is 4.92. The van der Waals surface area contributed by atoms with Crippen LogP contribution >= 0.6 is 12.2 Å². The molecule has 3 N–H and O–H groups in total. The Hall–Kier alpha value is -2.03. The average Bonchev–Trinajstić information content (AvgIpc) is 2.43. The molecular formula is C13H18N2O6S. The highest BCUT2D eigenvalue weighted by Gasteiger charge is 2.52. The first-order valence-electron chi connectivity index (χ1n) is 6.85. The highest BCUT2D eigenvalue weighted by molar-refractivity contribution is 7.80. The maximum atomic E-state index is 12.7. The first-order valence-corrected chi connectivity index (χ1v) is 7.25. The van der Waals surface area contributed by atoms with Crippen LogP contribution < -0.4 is 5.32 Å². The van der Waals surface area contributed by atoms with Gasteiger partial charge < -0.3 is 15.5 Å². The minimum atomic E-state index is -1.42. The van der Waals surface area contributed by atoms with Gasteiger partial charge in [-0.05, 0) is 31.5 Å². The van der Waals surface area contributed by atoms with E-state index in [0.717, 1.165) is 4.90 Å². The van der Waals surface area contributed by atoms with Gasteiger partial charge in [0.05, 0.1) is 0 Å². The number of hydrogen-bond acceptors (Lipinski definition) is 5. The molecule has 1 atom stereocenters. The lowest BCUT2D eigenvalue weighted by molar-refractivity contribution is -0.158. The molecule has 0 bridgehead atoms. The minimum Gasteiger partial charge on any atom is -0.481 e. The summed E-state index contributed by atoms with van der Waals surface area (Å²) in [6, 6.07) is -1.42. The second kappa shape index (κ2) is 6.82. The van der Waals surface area contributed by atoms with Gasteiger partial charge in [0.1, 0.15) is 11.5 Å². The van der Waals surface area contributed by atoms with E-state index in [1.54, 1.807) is 13.8 Å². The molecule has 1 aliphatic heterocycles. The van der Waals surface area contributed by atoms with Gasteiger partial charge in [0.25, 0.3) is 0 Å². The number of amides is 2. The number of carboxylic acid groups (broad SMARTS) is 2. The van der Waals surface area contributed by atoms with Crippen molar-refractivity contribution >= 4 is 41.1 Å². The maximum Gasteiger partial charge on any atom is 0.326 e. The van der Waals surface area contributed by atoms with E-state index in [9.17, 15) is 24.3 Å². The molecule has 1 rings (SSSR count). The van der Waals surface area contributed by atoms with Crippen LogP contribution in [-0.4, -0.2) is 50.0 Å². The smallest absolute Gasteiger partial charge is 0.326 e. The van der Waals surface area contributed by atoms with Crippen LogP contribution in [0.2, 0.25) is 0 Å².